The van der Waals surface area contributed by atoms with Crippen molar-refractivity contribution < 1.29 is 22.7 Å². The number of benzene rings is 2. The first kappa shape index (κ1) is 24.6. The average Bonchev–Trinajstić information content (AvgIpc) is 3.23. The van der Waals surface area contributed by atoms with Crippen LogP contribution in [0.3, 0.4) is 0 Å². The van der Waals surface area contributed by atoms with Gasteiger partial charge in [-0.1, -0.05) is 49.4 Å². The summed E-state index contributed by atoms with van der Waals surface area (Å²) in [5.74, 6) is -0.262. The fourth-order valence-corrected chi connectivity index (χ4v) is 3.91. The molecule has 176 valence electrons. The van der Waals surface area contributed by atoms with Crippen molar-refractivity contribution in [2.24, 2.45) is 0 Å². The van der Waals surface area contributed by atoms with Crippen molar-refractivity contribution in [3.05, 3.63) is 95.3 Å². The van der Waals surface area contributed by atoms with E-state index in [1.165, 1.54) is 12.1 Å². The lowest BCUT2D eigenvalue weighted by atomic mass is 9.95. The van der Waals surface area contributed by atoms with Crippen LogP contribution in [0, 0.1) is 0 Å². The number of hydrogen-bond acceptors (Lipinski definition) is 2. The summed E-state index contributed by atoms with van der Waals surface area (Å²) in [5.41, 5.74) is 1.69. The van der Waals surface area contributed by atoms with Crippen molar-refractivity contribution in [1.82, 2.24) is 9.47 Å². The van der Waals surface area contributed by atoms with Crippen molar-refractivity contribution >= 4 is 5.91 Å². The quantitative estimate of drug-likeness (QED) is 0.389. The molecule has 33 heavy (non-hydrogen) atoms. The molecular weight excluding hydrogens is 429 g/mol. The van der Waals surface area contributed by atoms with E-state index < -0.39 is 11.7 Å². The van der Waals surface area contributed by atoms with Gasteiger partial charge in [-0.3, -0.25) is 4.79 Å². The summed E-state index contributed by atoms with van der Waals surface area (Å²) >= 11 is 0. The zero-order valence-corrected chi connectivity index (χ0v) is 18.9. The maximum absolute atomic E-state index is 13.5. The number of nitrogens with zero attached hydrogens (tertiary/aromatic N) is 2. The third-order valence-electron chi connectivity index (χ3n) is 5.67. The lowest BCUT2D eigenvalue weighted by molar-refractivity contribution is -0.137. The van der Waals surface area contributed by atoms with Gasteiger partial charge in [0.1, 0.15) is 0 Å². The molecule has 0 aliphatic carbocycles. The number of rotatable bonds is 10. The van der Waals surface area contributed by atoms with Crippen LogP contribution in [-0.4, -0.2) is 35.6 Å². The second-order valence-corrected chi connectivity index (χ2v) is 7.95. The summed E-state index contributed by atoms with van der Waals surface area (Å²) in [7, 11) is 1.59. The normalized spacial score (nSPS) is 12.5. The van der Waals surface area contributed by atoms with Gasteiger partial charge in [0.15, 0.2) is 0 Å². The van der Waals surface area contributed by atoms with Crippen LogP contribution >= 0.6 is 0 Å². The van der Waals surface area contributed by atoms with Crippen molar-refractivity contribution in [3.8, 4) is 0 Å². The molecule has 0 aliphatic heterocycles. The molecule has 0 saturated carbocycles. The second-order valence-electron chi connectivity index (χ2n) is 7.95. The molecule has 0 bridgehead atoms. The van der Waals surface area contributed by atoms with E-state index in [-0.39, 0.29) is 18.4 Å². The van der Waals surface area contributed by atoms with E-state index in [1.807, 2.05) is 60.2 Å². The minimum Gasteiger partial charge on any atom is -0.383 e. The first-order valence-corrected chi connectivity index (χ1v) is 11.0. The van der Waals surface area contributed by atoms with Crippen LogP contribution in [0.4, 0.5) is 13.2 Å². The molecule has 0 radical (unpaired) electrons. The zero-order valence-electron chi connectivity index (χ0n) is 18.9. The zero-order chi connectivity index (χ0) is 23.8. The predicted octanol–water partition coefficient (Wildman–Crippen LogP) is 5.72. The second kappa shape index (κ2) is 11.2. The van der Waals surface area contributed by atoms with E-state index in [0.29, 0.717) is 31.7 Å². The molecule has 1 aromatic heterocycles. The molecule has 1 heterocycles. The third-order valence-corrected chi connectivity index (χ3v) is 5.67. The molecule has 7 heteroatoms. The molecule has 4 nitrogen and oxygen atoms in total. The molecule has 3 aromatic rings. The van der Waals surface area contributed by atoms with Gasteiger partial charge in [0, 0.05) is 32.1 Å². The number of halogens is 3. The first-order valence-electron chi connectivity index (χ1n) is 11.0. The van der Waals surface area contributed by atoms with Gasteiger partial charge in [0.05, 0.1) is 24.6 Å². The molecule has 0 aliphatic rings. The highest BCUT2D eigenvalue weighted by atomic mass is 19.4. The van der Waals surface area contributed by atoms with E-state index in [2.05, 4.69) is 0 Å². The highest BCUT2D eigenvalue weighted by molar-refractivity contribution is 5.83. The number of carbonyl (C=O) groups excluding carboxylic acids is 1. The van der Waals surface area contributed by atoms with E-state index >= 15 is 0 Å². The lowest BCUT2D eigenvalue weighted by Crippen LogP contribution is -2.37. The van der Waals surface area contributed by atoms with Crippen LogP contribution in [0.2, 0.25) is 0 Å². The van der Waals surface area contributed by atoms with Gasteiger partial charge >= 0.3 is 6.18 Å². The Labute approximate surface area is 192 Å². The van der Waals surface area contributed by atoms with Gasteiger partial charge in [-0.25, -0.2) is 0 Å². The number of aromatic nitrogens is 1. The maximum atomic E-state index is 13.5. The number of alkyl halides is 3. The highest BCUT2D eigenvalue weighted by Gasteiger charge is 2.30. The van der Waals surface area contributed by atoms with Crippen LogP contribution in [0.25, 0.3) is 0 Å². The Kier molecular flexibility index (Phi) is 8.33. The molecule has 0 spiro atoms. The van der Waals surface area contributed by atoms with Gasteiger partial charge in [-0.15, -0.1) is 0 Å². The average molecular weight is 459 g/mol. The van der Waals surface area contributed by atoms with Crippen molar-refractivity contribution in [3.63, 3.8) is 0 Å². The number of ether oxygens (including phenoxy) is 1. The van der Waals surface area contributed by atoms with Crippen LogP contribution in [-0.2, 0) is 28.8 Å². The minimum absolute atomic E-state index is 0.00701. The largest absolute Gasteiger partial charge is 0.416 e. The maximum Gasteiger partial charge on any atom is 0.416 e. The number of amides is 1. The number of hydrogen-bond donors (Lipinski definition) is 0. The summed E-state index contributed by atoms with van der Waals surface area (Å²) in [4.78, 5) is 15.2. The molecule has 1 amide bonds. The van der Waals surface area contributed by atoms with Crippen molar-refractivity contribution in [2.45, 2.75) is 38.5 Å². The molecule has 0 N–H and O–H groups in total. The Morgan fingerprint density at radius 1 is 1.06 bits per heavy atom. The smallest absolute Gasteiger partial charge is 0.383 e. The van der Waals surface area contributed by atoms with Crippen molar-refractivity contribution in [1.29, 1.82) is 0 Å². The predicted molar refractivity (Wildman–Crippen MR) is 122 cm³/mol. The molecule has 3 rings (SSSR count). The van der Waals surface area contributed by atoms with Gasteiger partial charge < -0.3 is 14.2 Å². The molecule has 2 aromatic carbocycles. The Morgan fingerprint density at radius 3 is 2.48 bits per heavy atom. The lowest BCUT2D eigenvalue weighted by Gasteiger charge is -2.28. The number of methoxy groups -OCH3 is 1. The third kappa shape index (κ3) is 6.48. The fraction of sp³-hybridized carbons (Fsp3) is 0.346. The summed E-state index contributed by atoms with van der Waals surface area (Å²) in [6, 6.07) is 18.7. The van der Waals surface area contributed by atoms with Gasteiger partial charge in [0.25, 0.3) is 0 Å². The molecular formula is C26H29F3N2O2. The summed E-state index contributed by atoms with van der Waals surface area (Å²) < 4.78 is 46.4. The molecule has 0 saturated heterocycles. The SMILES string of the molecule is CCC(C(=O)N(CCOC)Cc1cccn1Cc1cccc(C(F)(F)F)c1)c1ccccc1. The van der Waals surface area contributed by atoms with Crippen LogP contribution in [0.15, 0.2) is 72.9 Å². The Hall–Kier alpha value is -3.06. The summed E-state index contributed by atoms with van der Waals surface area (Å²) in [6.07, 6.45) is -1.90. The Morgan fingerprint density at radius 2 is 1.82 bits per heavy atom. The Balaban J connectivity index is 1.81. The Bertz CT molecular complexity index is 1030. The molecule has 1 atom stereocenters. The van der Waals surface area contributed by atoms with E-state index in [4.69, 9.17) is 4.74 Å². The standard InChI is InChI=1S/C26H29F3N2O2/c1-3-24(21-10-5-4-6-11-21)25(32)31(15-16-33-2)19-23-13-8-14-30(23)18-20-9-7-12-22(17-20)26(27,28)29/h4-14,17,24H,3,15-16,18-19H2,1-2H3. The molecule has 0 fully saturated rings. The summed E-state index contributed by atoms with van der Waals surface area (Å²) in [5, 5.41) is 0. The molecule has 1 unspecified atom stereocenters. The minimum atomic E-state index is -4.38. The van der Waals surface area contributed by atoms with Crippen LogP contribution < -0.4 is 0 Å². The van der Waals surface area contributed by atoms with E-state index in [0.717, 1.165) is 17.3 Å². The highest BCUT2D eigenvalue weighted by Crippen LogP contribution is 2.30. The van der Waals surface area contributed by atoms with E-state index in [9.17, 15) is 18.0 Å². The topological polar surface area (TPSA) is 34.5 Å². The van der Waals surface area contributed by atoms with Crippen molar-refractivity contribution in [2.75, 3.05) is 20.3 Å². The fourth-order valence-electron chi connectivity index (χ4n) is 3.91. The number of carbonyl (C=O) groups is 1. The van der Waals surface area contributed by atoms with E-state index in [1.54, 1.807) is 18.1 Å². The first-order chi connectivity index (χ1) is 15.8. The van der Waals surface area contributed by atoms with Gasteiger partial charge in [-0.05, 0) is 41.8 Å². The van der Waals surface area contributed by atoms with Gasteiger partial charge in [0.2, 0.25) is 5.91 Å². The van der Waals surface area contributed by atoms with Crippen LogP contribution in [0.1, 0.15) is 41.6 Å². The monoisotopic (exact) mass is 458 g/mol. The van der Waals surface area contributed by atoms with Crippen LogP contribution in [0.5, 0.6) is 0 Å². The summed E-state index contributed by atoms with van der Waals surface area (Å²) in [6.45, 7) is 3.44. The van der Waals surface area contributed by atoms with Gasteiger partial charge in [-0.2, -0.15) is 13.2 Å².